The van der Waals surface area contributed by atoms with Crippen LogP contribution in [0.3, 0.4) is 0 Å². The van der Waals surface area contributed by atoms with E-state index in [4.69, 9.17) is 13.0 Å². The summed E-state index contributed by atoms with van der Waals surface area (Å²) in [4.78, 5) is 0. The monoisotopic (exact) mass is 229 g/mol. The maximum atomic E-state index is 8.90. The number of hydrogen-bond acceptors (Lipinski definition) is 2. The minimum Gasteiger partial charge on any atom is -0.396 e. The van der Waals surface area contributed by atoms with Crippen molar-refractivity contribution in [3.8, 4) is 0 Å². The molecule has 0 heterocycles. The van der Waals surface area contributed by atoms with E-state index in [-0.39, 0.29) is 6.61 Å². The number of nitrogens with one attached hydrogen (secondary N) is 1. The van der Waals surface area contributed by atoms with Crippen LogP contribution in [0.15, 0.2) is 12.1 Å². The Bertz CT molecular complexity index is 388. The highest BCUT2D eigenvalue weighted by Crippen LogP contribution is 2.19. The van der Waals surface area contributed by atoms with Crippen molar-refractivity contribution in [2.45, 2.75) is 45.2 Å². The highest BCUT2D eigenvalue weighted by molar-refractivity contribution is 6.33. The SMILES string of the molecule is [B]c1cc(CNC2CC2)cc(CCCO)c1C. The third-order valence-corrected chi connectivity index (χ3v) is 3.39. The van der Waals surface area contributed by atoms with Crippen LogP contribution in [0.2, 0.25) is 0 Å². The number of benzene rings is 1. The smallest absolute Gasteiger partial charge is 0.114 e. The second-order valence-corrected chi connectivity index (χ2v) is 4.95. The largest absolute Gasteiger partial charge is 0.396 e. The average Bonchev–Trinajstić information content (AvgIpc) is 3.12. The Morgan fingerprint density at radius 3 is 2.82 bits per heavy atom. The van der Waals surface area contributed by atoms with Gasteiger partial charge in [0.2, 0.25) is 0 Å². The number of aryl methyl sites for hydroxylation is 1. The summed E-state index contributed by atoms with van der Waals surface area (Å²) in [5, 5.41) is 12.4. The molecule has 2 radical (unpaired) electrons. The molecule has 0 aromatic heterocycles. The summed E-state index contributed by atoms with van der Waals surface area (Å²) in [7, 11) is 6.02. The number of rotatable bonds is 6. The Hall–Kier alpha value is -0.795. The van der Waals surface area contributed by atoms with Crippen molar-refractivity contribution in [2.75, 3.05) is 6.61 Å². The number of aliphatic hydroxyl groups is 1. The lowest BCUT2D eigenvalue weighted by Gasteiger charge is -2.13. The minimum atomic E-state index is 0.240. The molecule has 1 fully saturated rings. The van der Waals surface area contributed by atoms with Gasteiger partial charge in [-0.2, -0.15) is 0 Å². The van der Waals surface area contributed by atoms with Gasteiger partial charge in [-0.05, 0) is 43.7 Å². The van der Waals surface area contributed by atoms with Crippen molar-refractivity contribution in [2.24, 2.45) is 0 Å². The Morgan fingerprint density at radius 2 is 2.18 bits per heavy atom. The van der Waals surface area contributed by atoms with Crippen molar-refractivity contribution >= 4 is 13.3 Å². The van der Waals surface area contributed by atoms with E-state index in [1.165, 1.54) is 24.0 Å². The van der Waals surface area contributed by atoms with Gasteiger partial charge in [-0.3, -0.25) is 0 Å². The maximum Gasteiger partial charge on any atom is 0.114 e. The lowest BCUT2D eigenvalue weighted by atomic mass is 9.85. The first-order chi connectivity index (χ1) is 8.20. The lowest BCUT2D eigenvalue weighted by Crippen LogP contribution is -2.19. The van der Waals surface area contributed by atoms with E-state index in [0.717, 1.165) is 36.5 Å². The Morgan fingerprint density at radius 1 is 1.41 bits per heavy atom. The summed E-state index contributed by atoms with van der Waals surface area (Å²) in [5.41, 5.74) is 4.56. The van der Waals surface area contributed by atoms with Gasteiger partial charge in [0, 0.05) is 19.2 Å². The van der Waals surface area contributed by atoms with E-state index in [1.54, 1.807) is 0 Å². The summed E-state index contributed by atoms with van der Waals surface area (Å²) >= 11 is 0. The van der Waals surface area contributed by atoms with E-state index < -0.39 is 0 Å². The Kier molecular flexibility index (Phi) is 4.24. The molecule has 1 aromatic rings. The zero-order chi connectivity index (χ0) is 12.3. The van der Waals surface area contributed by atoms with E-state index in [0.29, 0.717) is 0 Å². The summed E-state index contributed by atoms with van der Waals surface area (Å²) in [6, 6.07) is 5.00. The molecular weight excluding hydrogens is 209 g/mol. The van der Waals surface area contributed by atoms with Gasteiger partial charge in [0.25, 0.3) is 0 Å². The van der Waals surface area contributed by atoms with E-state index in [9.17, 15) is 0 Å². The third kappa shape index (κ3) is 3.58. The fourth-order valence-electron chi connectivity index (χ4n) is 2.05. The molecule has 0 saturated heterocycles. The second kappa shape index (κ2) is 5.70. The molecule has 0 unspecified atom stereocenters. The van der Waals surface area contributed by atoms with Gasteiger partial charge >= 0.3 is 0 Å². The molecule has 90 valence electrons. The van der Waals surface area contributed by atoms with Crippen molar-refractivity contribution in [3.05, 3.63) is 28.8 Å². The molecule has 2 rings (SSSR count). The molecule has 0 atom stereocenters. The molecule has 0 bridgehead atoms. The minimum absolute atomic E-state index is 0.240. The summed E-state index contributed by atoms with van der Waals surface area (Å²) < 4.78 is 0. The van der Waals surface area contributed by atoms with Gasteiger partial charge in [-0.1, -0.05) is 23.2 Å². The molecular formula is C14H20BNO. The van der Waals surface area contributed by atoms with Crippen molar-refractivity contribution < 1.29 is 5.11 Å². The zero-order valence-corrected chi connectivity index (χ0v) is 10.5. The van der Waals surface area contributed by atoms with Crippen LogP contribution in [0.25, 0.3) is 0 Å². The quantitative estimate of drug-likeness (QED) is 0.712. The van der Waals surface area contributed by atoms with Gasteiger partial charge in [0.15, 0.2) is 0 Å². The van der Waals surface area contributed by atoms with Gasteiger partial charge < -0.3 is 10.4 Å². The highest BCUT2D eigenvalue weighted by Gasteiger charge is 2.20. The zero-order valence-electron chi connectivity index (χ0n) is 10.5. The second-order valence-electron chi connectivity index (χ2n) is 4.95. The first-order valence-electron chi connectivity index (χ1n) is 6.43. The lowest BCUT2D eigenvalue weighted by molar-refractivity contribution is 0.288. The molecule has 1 aromatic carbocycles. The van der Waals surface area contributed by atoms with Gasteiger partial charge in [-0.15, -0.1) is 0 Å². The van der Waals surface area contributed by atoms with Gasteiger partial charge in [-0.25, -0.2) is 0 Å². The van der Waals surface area contributed by atoms with Crippen LogP contribution in [0.5, 0.6) is 0 Å². The van der Waals surface area contributed by atoms with Gasteiger partial charge in [0.05, 0.1) is 0 Å². The molecule has 2 N–H and O–H groups in total. The van der Waals surface area contributed by atoms with Crippen LogP contribution in [-0.2, 0) is 13.0 Å². The van der Waals surface area contributed by atoms with Gasteiger partial charge in [0.1, 0.15) is 7.85 Å². The van der Waals surface area contributed by atoms with E-state index >= 15 is 0 Å². The van der Waals surface area contributed by atoms with Crippen LogP contribution in [-0.4, -0.2) is 25.6 Å². The summed E-state index contributed by atoms with van der Waals surface area (Å²) in [6.45, 7) is 3.20. The standard InChI is InChI=1S/C14H20BNO/c1-10-12(3-2-6-17)7-11(8-14(10)15)9-16-13-4-5-13/h7-8,13,16-17H,2-6,9H2,1H3. The summed E-state index contributed by atoms with van der Waals surface area (Å²) in [5.74, 6) is 0. The first kappa shape index (κ1) is 12.7. The molecule has 1 saturated carbocycles. The molecule has 0 aliphatic heterocycles. The number of aliphatic hydroxyl groups excluding tert-OH is 1. The van der Waals surface area contributed by atoms with E-state index in [1.807, 2.05) is 0 Å². The van der Waals surface area contributed by atoms with Crippen LogP contribution < -0.4 is 10.8 Å². The molecule has 3 heteroatoms. The van der Waals surface area contributed by atoms with Crippen molar-refractivity contribution in [1.29, 1.82) is 0 Å². The van der Waals surface area contributed by atoms with Crippen LogP contribution in [0.1, 0.15) is 36.0 Å². The fraction of sp³-hybridized carbons (Fsp3) is 0.571. The molecule has 1 aliphatic carbocycles. The molecule has 1 aliphatic rings. The third-order valence-electron chi connectivity index (χ3n) is 3.39. The van der Waals surface area contributed by atoms with E-state index in [2.05, 4.69) is 24.4 Å². The topological polar surface area (TPSA) is 32.3 Å². The fourth-order valence-corrected chi connectivity index (χ4v) is 2.05. The predicted octanol–water partition coefficient (Wildman–Crippen LogP) is 0.966. The Balaban J connectivity index is 2.06. The highest BCUT2D eigenvalue weighted by atomic mass is 16.2. The average molecular weight is 229 g/mol. The normalized spacial score (nSPS) is 15.2. The van der Waals surface area contributed by atoms with Crippen LogP contribution in [0, 0.1) is 6.92 Å². The molecule has 17 heavy (non-hydrogen) atoms. The van der Waals surface area contributed by atoms with Crippen molar-refractivity contribution in [1.82, 2.24) is 5.32 Å². The van der Waals surface area contributed by atoms with Crippen LogP contribution in [0.4, 0.5) is 0 Å². The maximum absolute atomic E-state index is 8.90. The first-order valence-corrected chi connectivity index (χ1v) is 6.43. The predicted molar refractivity (Wildman–Crippen MR) is 71.8 cm³/mol. The number of hydrogen-bond donors (Lipinski definition) is 2. The Labute approximate surface area is 105 Å². The summed E-state index contributed by atoms with van der Waals surface area (Å²) in [6.07, 6.45) is 4.32. The molecule has 0 amide bonds. The molecule has 0 spiro atoms. The van der Waals surface area contributed by atoms with Crippen molar-refractivity contribution in [3.63, 3.8) is 0 Å². The van der Waals surface area contributed by atoms with Crippen LogP contribution >= 0.6 is 0 Å². The molecule has 2 nitrogen and oxygen atoms in total.